The molecule has 0 heterocycles. The summed E-state index contributed by atoms with van der Waals surface area (Å²) in [6.45, 7) is 4.41. The number of nitrogens with zero attached hydrogens (tertiary/aromatic N) is 1. The molecule has 0 spiro atoms. The van der Waals surface area contributed by atoms with Crippen LogP contribution in [0.4, 0.5) is 0 Å². The Balaban J connectivity index is 2.85. The lowest BCUT2D eigenvalue weighted by Gasteiger charge is -2.00. The first-order chi connectivity index (χ1) is 4.27. The van der Waals surface area contributed by atoms with Crippen LogP contribution in [0, 0.1) is 11.3 Å². The molecule has 3 heteroatoms. The van der Waals surface area contributed by atoms with Gasteiger partial charge in [0.15, 0.2) is 0 Å². The first-order valence-electron chi connectivity index (χ1n) is 3.01. The van der Waals surface area contributed by atoms with Crippen molar-refractivity contribution in [2.24, 2.45) is 0 Å². The zero-order valence-electron chi connectivity index (χ0n) is 5.85. The zero-order chi connectivity index (χ0) is 7.11. The van der Waals surface area contributed by atoms with Crippen molar-refractivity contribution in [2.45, 2.75) is 25.9 Å². The molecule has 1 atom stereocenters. The Morgan fingerprint density at radius 3 is 2.78 bits per heavy atom. The normalized spacial score (nSPS) is 10.9. The average molecular weight is 161 g/mol. The van der Waals surface area contributed by atoms with Gasteiger partial charge in [0.2, 0.25) is 0 Å². The SMILES string of the molecule is CC(C)PSCCC#N. The lowest BCUT2D eigenvalue weighted by molar-refractivity contribution is 1.11. The molecule has 0 saturated carbocycles. The van der Waals surface area contributed by atoms with E-state index in [1.165, 1.54) is 0 Å². The summed E-state index contributed by atoms with van der Waals surface area (Å²) in [7, 11) is 0.964. The maximum Gasteiger partial charge on any atom is 0.0630 e. The summed E-state index contributed by atoms with van der Waals surface area (Å²) in [5.74, 6) is 1.01. The lowest BCUT2D eigenvalue weighted by Crippen LogP contribution is -1.79. The summed E-state index contributed by atoms with van der Waals surface area (Å²) in [6.07, 6.45) is 0.699. The Kier molecular flexibility index (Phi) is 6.58. The summed E-state index contributed by atoms with van der Waals surface area (Å²) in [4.78, 5) is 0. The van der Waals surface area contributed by atoms with Crippen LogP contribution in [0.1, 0.15) is 20.3 Å². The maximum absolute atomic E-state index is 8.17. The average Bonchev–Trinajstić information content (AvgIpc) is 1.80. The van der Waals surface area contributed by atoms with Crippen molar-refractivity contribution in [2.75, 3.05) is 5.75 Å². The number of hydrogen-bond donors (Lipinski definition) is 0. The van der Waals surface area contributed by atoms with Gasteiger partial charge in [0.25, 0.3) is 0 Å². The van der Waals surface area contributed by atoms with E-state index in [0.717, 1.165) is 19.2 Å². The van der Waals surface area contributed by atoms with Gasteiger partial charge >= 0.3 is 0 Å². The zero-order valence-corrected chi connectivity index (χ0v) is 7.66. The highest BCUT2D eigenvalue weighted by molar-refractivity contribution is 8.49. The van der Waals surface area contributed by atoms with Crippen molar-refractivity contribution in [1.29, 1.82) is 5.26 Å². The first kappa shape index (κ1) is 9.27. The van der Waals surface area contributed by atoms with Gasteiger partial charge in [-0.05, 0) is 5.66 Å². The second-order valence-electron chi connectivity index (χ2n) is 2.03. The molecular weight excluding hydrogens is 149 g/mol. The van der Waals surface area contributed by atoms with Gasteiger partial charge in [-0.15, -0.1) is 11.4 Å². The van der Waals surface area contributed by atoms with Gasteiger partial charge in [0, 0.05) is 12.2 Å². The van der Waals surface area contributed by atoms with Crippen LogP contribution in [0.2, 0.25) is 0 Å². The first-order valence-corrected chi connectivity index (χ1v) is 5.80. The molecule has 0 aromatic heterocycles. The van der Waals surface area contributed by atoms with Crippen LogP contribution in [0.3, 0.4) is 0 Å². The van der Waals surface area contributed by atoms with Crippen LogP contribution in [-0.2, 0) is 0 Å². The van der Waals surface area contributed by atoms with Gasteiger partial charge in [0.05, 0.1) is 6.07 Å². The molecule has 0 radical (unpaired) electrons. The molecule has 52 valence electrons. The predicted molar refractivity (Wildman–Crippen MR) is 46.1 cm³/mol. The Hall–Kier alpha value is 0.270. The van der Waals surface area contributed by atoms with Gasteiger partial charge in [-0.1, -0.05) is 21.6 Å². The highest BCUT2D eigenvalue weighted by atomic mass is 32.7. The minimum atomic E-state index is 0.699. The van der Waals surface area contributed by atoms with Crippen LogP contribution in [0.15, 0.2) is 0 Å². The lowest BCUT2D eigenvalue weighted by atomic mass is 10.6. The molecule has 1 unspecified atom stereocenters. The van der Waals surface area contributed by atoms with Gasteiger partial charge in [-0.25, -0.2) is 0 Å². The highest BCUT2D eigenvalue weighted by Crippen LogP contribution is 2.33. The molecule has 0 bridgehead atoms. The van der Waals surface area contributed by atoms with Gasteiger partial charge in [-0.2, -0.15) is 5.26 Å². The topological polar surface area (TPSA) is 23.8 Å². The fraction of sp³-hybridized carbons (Fsp3) is 0.833. The molecule has 0 rings (SSSR count). The summed E-state index contributed by atoms with van der Waals surface area (Å²) in [6, 6.07) is 2.13. The third kappa shape index (κ3) is 8.27. The van der Waals surface area contributed by atoms with Gasteiger partial charge < -0.3 is 0 Å². The second kappa shape index (κ2) is 6.39. The quantitative estimate of drug-likeness (QED) is 0.467. The Labute approximate surface area is 62.7 Å². The Morgan fingerprint density at radius 1 is 1.67 bits per heavy atom. The molecule has 0 aliphatic heterocycles. The smallest absolute Gasteiger partial charge is 0.0630 e. The van der Waals surface area contributed by atoms with E-state index in [9.17, 15) is 0 Å². The summed E-state index contributed by atoms with van der Waals surface area (Å²) >= 11 is 1.89. The summed E-state index contributed by atoms with van der Waals surface area (Å²) in [5.41, 5.74) is 0.786. The summed E-state index contributed by atoms with van der Waals surface area (Å²) in [5, 5.41) is 8.17. The molecule has 0 aromatic carbocycles. The van der Waals surface area contributed by atoms with E-state index in [-0.39, 0.29) is 0 Å². The Bertz CT molecular complexity index is 97.7. The number of rotatable bonds is 4. The molecule has 0 aliphatic carbocycles. The molecule has 0 aromatic rings. The fourth-order valence-electron chi connectivity index (χ4n) is 0.322. The van der Waals surface area contributed by atoms with Crippen molar-refractivity contribution in [3.05, 3.63) is 0 Å². The van der Waals surface area contributed by atoms with E-state index in [1.807, 2.05) is 11.4 Å². The highest BCUT2D eigenvalue weighted by Gasteiger charge is 1.91. The van der Waals surface area contributed by atoms with E-state index < -0.39 is 0 Å². The minimum absolute atomic E-state index is 0.699. The molecule has 0 N–H and O–H groups in total. The van der Waals surface area contributed by atoms with Crippen molar-refractivity contribution in [3.8, 4) is 6.07 Å². The van der Waals surface area contributed by atoms with Gasteiger partial charge in [-0.3, -0.25) is 0 Å². The third-order valence-corrected chi connectivity index (χ3v) is 4.21. The summed E-state index contributed by atoms with van der Waals surface area (Å²) < 4.78 is 0. The third-order valence-electron chi connectivity index (χ3n) is 0.635. The van der Waals surface area contributed by atoms with Crippen molar-refractivity contribution >= 4 is 19.2 Å². The van der Waals surface area contributed by atoms with E-state index in [4.69, 9.17) is 5.26 Å². The second-order valence-corrected chi connectivity index (χ2v) is 5.69. The molecule has 0 fully saturated rings. The fourth-order valence-corrected chi connectivity index (χ4v) is 2.63. The van der Waals surface area contributed by atoms with E-state index in [0.29, 0.717) is 6.42 Å². The standard InChI is InChI=1S/C6H12NPS/c1-6(2)8-9-5-3-4-7/h6,8H,3,5H2,1-2H3. The van der Waals surface area contributed by atoms with Crippen LogP contribution < -0.4 is 0 Å². The van der Waals surface area contributed by atoms with Crippen LogP contribution in [-0.4, -0.2) is 11.4 Å². The molecule has 9 heavy (non-hydrogen) atoms. The molecule has 0 saturated heterocycles. The van der Waals surface area contributed by atoms with Crippen molar-refractivity contribution in [1.82, 2.24) is 0 Å². The maximum atomic E-state index is 8.17. The van der Waals surface area contributed by atoms with E-state index in [2.05, 4.69) is 19.9 Å². The van der Waals surface area contributed by atoms with Crippen LogP contribution >= 0.6 is 19.2 Å². The van der Waals surface area contributed by atoms with E-state index in [1.54, 1.807) is 0 Å². The van der Waals surface area contributed by atoms with Crippen molar-refractivity contribution in [3.63, 3.8) is 0 Å². The number of nitriles is 1. The van der Waals surface area contributed by atoms with Gasteiger partial charge in [0.1, 0.15) is 0 Å². The monoisotopic (exact) mass is 161 g/mol. The molecule has 0 amide bonds. The van der Waals surface area contributed by atoms with Crippen LogP contribution in [0.5, 0.6) is 0 Å². The molecule has 1 nitrogen and oxygen atoms in total. The van der Waals surface area contributed by atoms with Crippen molar-refractivity contribution < 1.29 is 0 Å². The minimum Gasteiger partial charge on any atom is -0.198 e. The largest absolute Gasteiger partial charge is 0.198 e. The number of hydrogen-bond acceptors (Lipinski definition) is 2. The van der Waals surface area contributed by atoms with E-state index >= 15 is 0 Å². The molecular formula is C6H12NPS. The molecule has 0 aliphatic rings. The predicted octanol–water partition coefficient (Wildman–Crippen LogP) is 2.64. The Morgan fingerprint density at radius 2 is 2.33 bits per heavy atom. The van der Waals surface area contributed by atoms with Crippen LogP contribution in [0.25, 0.3) is 0 Å².